The van der Waals surface area contributed by atoms with Gasteiger partial charge in [-0.1, -0.05) is 24.7 Å². The molecule has 3 heterocycles. The van der Waals surface area contributed by atoms with Gasteiger partial charge in [-0.15, -0.1) is 0 Å². The largest absolute Gasteiger partial charge is 0.357 e. The van der Waals surface area contributed by atoms with Crippen molar-refractivity contribution in [1.29, 1.82) is 0 Å². The van der Waals surface area contributed by atoms with E-state index < -0.39 is 0 Å². The van der Waals surface area contributed by atoms with Crippen LogP contribution < -0.4 is 4.90 Å². The Hall–Kier alpha value is -1.52. The van der Waals surface area contributed by atoms with E-state index in [1.807, 2.05) is 0 Å². The normalized spacial score (nSPS) is 18.1. The molecule has 3 nitrogen and oxygen atoms in total. The molecule has 0 aliphatic carbocycles. The van der Waals surface area contributed by atoms with Gasteiger partial charge in [0, 0.05) is 24.9 Å². The lowest BCUT2D eigenvalue weighted by Gasteiger charge is -2.28. The summed E-state index contributed by atoms with van der Waals surface area (Å²) in [5, 5.41) is 1.28. The molecule has 2 aliphatic rings. The van der Waals surface area contributed by atoms with Gasteiger partial charge < -0.3 is 9.80 Å². The number of fused-ring (bicyclic) bond motifs is 1. The van der Waals surface area contributed by atoms with Gasteiger partial charge in [-0.25, -0.2) is 4.98 Å². The van der Waals surface area contributed by atoms with E-state index in [4.69, 9.17) is 17.2 Å². The van der Waals surface area contributed by atoms with Crippen LogP contribution in [-0.2, 0) is 6.42 Å². The van der Waals surface area contributed by atoms with Crippen molar-refractivity contribution in [2.45, 2.75) is 71.1 Å². The molecule has 2 aromatic rings. The van der Waals surface area contributed by atoms with Gasteiger partial charge in [0.1, 0.15) is 5.82 Å². The van der Waals surface area contributed by atoms with Gasteiger partial charge in [0.25, 0.3) is 0 Å². The number of benzene rings is 1. The zero-order valence-corrected chi connectivity index (χ0v) is 19.5. The minimum Gasteiger partial charge on any atom is -0.357 e. The van der Waals surface area contributed by atoms with Gasteiger partial charge in [0.15, 0.2) is 0 Å². The zero-order chi connectivity index (χ0) is 20.8. The van der Waals surface area contributed by atoms with Crippen molar-refractivity contribution >= 4 is 33.8 Å². The molecule has 0 unspecified atom stereocenters. The van der Waals surface area contributed by atoms with Crippen LogP contribution in [0, 0.1) is 6.92 Å². The predicted octanol–water partition coefficient (Wildman–Crippen LogP) is 6.10. The van der Waals surface area contributed by atoms with Crippen LogP contribution in [-0.4, -0.2) is 47.5 Å². The number of likely N-dealkylation sites (tertiary alicyclic amines) is 1. The van der Waals surface area contributed by atoms with Gasteiger partial charge in [0.05, 0.1) is 5.52 Å². The molecule has 0 N–H and O–H groups in total. The second-order valence-electron chi connectivity index (χ2n) is 9.27. The number of nitrogens with zero attached hydrogens (tertiary/aromatic N) is 3. The van der Waals surface area contributed by atoms with E-state index in [0.29, 0.717) is 0 Å². The van der Waals surface area contributed by atoms with E-state index in [1.165, 1.54) is 92.4 Å². The quantitative estimate of drug-likeness (QED) is 0.377. The Morgan fingerprint density at radius 3 is 2.43 bits per heavy atom. The fourth-order valence-electron chi connectivity index (χ4n) is 4.98. The highest BCUT2D eigenvalue weighted by Crippen LogP contribution is 2.26. The Morgan fingerprint density at radius 2 is 1.67 bits per heavy atom. The summed E-state index contributed by atoms with van der Waals surface area (Å²) in [6, 6.07) is 9.02. The Morgan fingerprint density at radius 1 is 0.933 bits per heavy atom. The number of rotatable bonds is 8. The highest BCUT2D eigenvalue weighted by atomic mass is 32.1. The first kappa shape index (κ1) is 21.7. The summed E-state index contributed by atoms with van der Waals surface area (Å²) in [5.74, 6) is 1.15. The third-order valence-corrected chi connectivity index (χ3v) is 7.12. The van der Waals surface area contributed by atoms with Crippen molar-refractivity contribution < 1.29 is 0 Å². The molecule has 2 fully saturated rings. The third kappa shape index (κ3) is 5.79. The minimum atomic E-state index is 0.919. The molecular formula is C26H37N3S. The maximum absolute atomic E-state index is 5.73. The fraction of sp³-hybridized carbons (Fsp3) is 0.615. The van der Waals surface area contributed by atoms with E-state index in [9.17, 15) is 0 Å². The summed E-state index contributed by atoms with van der Waals surface area (Å²) in [5.41, 5.74) is 3.78. The lowest BCUT2D eigenvalue weighted by Crippen LogP contribution is -2.30. The molecular weight excluding hydrogens is 386 g/mol. The Labute approximate surface area is 187 Å². The second kappa shape index (κ2) is 10.7. The molecule has 0 spiro atoms. The summed E-state index contributed by atoms with van der Waals surface area (Å²) < 4.78 is 0. The van der Waals surface area contributed by atoms with E-state index in [0.717, 1.165) is 37.3 Å². The van der Waals surface area contributed by atoms with Crippen LogP contribution in [0.3, 0.4) is 0 Å². The first-order valence-electron chi connectivity index (χ1n) is 12.1. The number of piperidine rings is 2. The summed E-state index contributed by atoms with van der Waals surface area (Å²) in [7, 11) is 0. The van der Waals surface area contributed by atoms with Gasteiger partial charge in [-0.2, -0.15) is 0 Å². The van der Waals surface area contributed by atoms with E-state index in [2.05, 4.69) is 41.0 Å². The van der Waals surface area contributed by atoms with Gasteiger partial charge in [0.2, 0.25) is 0 Å². The molecule has 4 heteroatoms. The number of hydrogen-bond donors (Lipinski definition) is 0. The fourth-order valence-corrected chi connectivity index (χ4v) is 5.29. The number of thiocarbonyl (C=S) groups is 1. The number of pyridine rings is 1. The molecule has 2 saturated heterocycles. The van der Waals surface area contributed by atoms with E-state index in [-0.39, 0.29) is 0 Å². The summed E-state index contributed by atoms with van der Waals surface area (Å²) in [4.78, 5) is 11.2. The number of hydrogen-bond acceptors (Lipinski definition) is 4. The molecule has 30 heavy (non-hydrogen) atoms. The Bertz CT molecular complexity index is 851. The molecule has 2 aliphatic heterocycles. The minimum absolute atomic E-state index is 0.919. The Kier molecular flexibility index (Phi) is 7.72. The van der Waals surface area contributed by atoms with Crippen molar-refractivity contribution in [2.24, 2.45) is 0 Å². The van der Waals surface area contributed by atoms with Crippen molar-refractivity contribution in [3.05, 3.63) is 35.4 Å². The highest BCUT2D eigenvalue weighted by Gasteiger charge is 2.14. The average Bonchev–Trinajstić information content (AvgIpc) is 2.78. The lowest BCUT2D eigenvalue weighted by atomic mass is 10.0. The maximum Gasteiger partial charge on any atom is 0.129 e. The number of anilines is 1. The van der Waals surface area contributed by atoms with Crippen molar-refractivity contribution in [3.8, 4) is 0 Å². The molecule has 0 saturated carbocycles. The van der Waals surface area contributed by atoms with Crippen molar-refractivity contribution in [1.82, 2.24) is 9.88 Å². The second-order valence-corrected chi connectivity index (χ2v) is 9.85. The molecule has 0 atom stereocenters. The molecule has 162 valence electrons. The summed E-state index contributed by atoms with van der Waals surface area (Å²) in [6.45, 7) is 8.36. The molecule has 0 radical (unpaired) electrons. The maximum atomic E-state index is 5.73. The van der Waals surface area contributed by atoms with Crippen LogP contribution in [0.2, 0.25) is 0 Å². The monoisotopic (exact) mass is 423 g/mol. The van der Waals surface area contributed by atoms with E-state index in [1.54, 1.807) is 0 Å². The predicted molar refractivity (Wildman–Crippen MR) is 133 cm³/mol. The topological polar surface area (TPSA) is 19.4 Å². The van der Waals surface area contributed by atoms with Crippen LogP contribution in [0.25, 0.3) is 10.9 Å². The first-order valence-corrected chi connectivity index (χ1v) is 12.5. The van der Waals surface area contributed by atoms with Crippen molar-refractivity contribution in [3.63, 3.8) is 0 Å². The molecule has 1 aromatic carbocycles. The van der Waals surface area contributed by atoms with Crippen LogP contribution in [0.1, 0.15) is 68.9 Å². The lowest BCUT2D eigenvalue weighted by molar-refractivity contribution is 0.225. The van der Waals surface area contributed by atoms with Crippen LogP contribution >= 0.6 is 12.2 Å². The van der Waals surface area contributed by atoms with Gasteiger partial charge in [-0.05, 0) is 112 Å². The van der Waals surface area contributed by atoms with E-state index >= 15 is 0 Å². The first-order chi connectivity index (χ1) is 14.7. The number of unbranched alkanes of at least 4 members (excludes halogenated alkanes) is 1. The molecule has 0 bridgehead atoms. The molecule has 0 amide bonds. The average molecular weight is 424 g/mol. The third-order valence-electron chi connectivity index (χ3n) is 6.78. The molecule has 4 rings (SSSR count). The highest BCUT2D eigenvalue weighted by molar-refractivity contribution is 7.80. The van der Waals surface area contributed by atoms with Crippen LogP contribution in [0.4, 0.5) is 5.82 Å². The Balaban J connectivity index is 1.31. The summed E-state index contributed by atoms with van der Waals surface area (Å²) in [6.07, 6.45) is 12.6. The zero-order valence-electron chi connectivity index (χ0n) is 18.7. The van der Waals surface area contributed by atoms with Gasteiger partial charge >= 0.3 is 0 Å². The standard InChI is InChI=1S/C26H37N3S/c1-21-18-26(29-16-7-3-8-17-29)27-25-12-11-22(20-24(21)25)19-23(30)10-4-9-15-28-13-5-2-6-14-28/h11-12,18,20H,2-10,13-17,19H2,1H3. The SMILES string of the molecule is Cc1cc(N2CCCCC2)nc2ccc(CC(=S)CCCCN3CCCCC3)cc12. The van der Waals surface area contributed by atoms with Crippen LogP contribution in [0.15, 0.2) is 24.3 Å². The van der Waals surface area contributed by atoms with Crippen LogP contribution in [0.5, 0.6) is 0 Å². The van der Waals surface area contributed by atoms with Gasteiger partial charge in [-0.3, -0.25) is 0 Å². The van der Waals surface area contributed by atoms with Crippen molar-refractivity contribution in [2.75, 3.05) is 37.6 Å². The summed E-state index contributed by atoms with van der Waals surface area (Å²) >= 11 is 5.73. The smallest absolute Gasteiger partial charge is 0.129 e. The molecule has 1 aromatic heterocycles. The number of aryl methyl sites for hydroxylation is 1. The number of aromatic nitrogens is 1.